The first kappa shape index (κ1) is 16.8. The predicted octanol–water partition coefficient (Wildman–Crippen LogP) is 3.16. The molecule has 1 heterocycles. The van der Waals surface area contributed by atoms with Crippen LogP contribution >= 0.6 is 0 Å². The lowest BCUT2D eigenvalue weighted by Gasteiger charge is -2.32. The number of phenolic OH excluding ortho intramolecular Hbond substituents is 1. The highest BCUT2D eigenvalue weighted by Gasteiger charge is 2.28. The fraction of sp³-hybridized carbons (Fsp3) is 0.278. The molecule has 0 unspecified atom stereocenters. The van der Waals surface area contributed by atoms with Crippen LogP contribution in [0.5, 0.6) is 5.75 Å². The van der Waals surface area contributed by atoms with E-state index in [1.54, 1.807) is 36.4 Å². The fourth-order valence-electron chi connectivity index (χ4n) is 3.08. The Kier molecular flexibility index (Phi) is 4.83. The van der Waals surface area contributed by atoms with Crippen LogP contribution in [0.15, 0.2) is 48.5 Å². The number of anilines is 2. The summed E-state index contributed by atoms with van der Waals surface area (Å²) < 4.78 is 0. The second-order valence-electron chi connectivity index (χ2n) is 6.01. The van der Waals surface area contributed by atoms with Crippen molar-refractivity contribution in [1.29, 1.82) is 0 Å². The molecular formula is C18H19N3O4. The second-order valence-corrected chi connectivity index (χ2v) is 6.01. The summed E-state index contributed by atoms with van der Waals surface area (Å²) in [6.45, 7) is 1.15. The number of nitro groups is 1. The maximum Gasteiger partial charge on any atom is 0.292 e. The zero-order chi connectivity index (χ0) is 17.8. The van der Waals surface area contributed by atoms with E-state index >= 15 is 0 Å². The van der Waals surface area contributed by atoms with Gasteiger partial charge in [-0.3, -0.25) is 14.9 Å². The van der Waals surface area contributed by atoms with Gasteiger partial charge in [0.2, 0.25) is 5.91 Å². The molecule has 2 aromatic rings. The summed E-state index contributed by atoms with van der Waals surface area (Å²) in [5, 5.41) is 23.7. The minimum Gasteiger partial charge on any atom is -0.506 e. The van der Waals surface area contributed by atoms with Gasteiger partial charge in [0.25, 0.3) is 5.69 Å². The molecule has 25 heavy (non-hydrogen) atoms. The summed E-state index contributed by atoms with van der Waals surface area (Å²) >= 11 is 0. The Morgan fingerprint density at radius 2 is 1.76 bits per heavy atom. The maximum atomic E-state index is 12.4. The van der Waals surface area contributed by atoms with Gasteiger partial charge in [0.1, 0.15) is 11.4 Å². The number of hydrogen-bond acceptors (Lipinski definition) is 5. The molecule has 1 fully saturated rings. The molecule has 0 bridgehead atoms. The van der Waals surface area contributed by atoms with Crippen molar-refractivity contribution >= 4 is 23.0 Å². The van der Waals surface area contributed by atoms with Gasteiger partial charge >= 0.3 is 0 Å². The van der Waals surface area contributed by atoms with E-state index in [2.05, 4.69) is 5.32 Å². The van der Waals surface area contributed by atoms with Gasteiger partial charge in [-0.2, -0.15) is 0 Å². The van der Waals surface area contributed by atoms with E-state index in [4.69, 9.17) is 0 Å². The molecule has 1 amide bonds. The van der Waals surface area contributed by atoms with Crippen molar-refractivity contribution in [3.8, 4) is 5.75 Å². The predicted molar refractivity (Wildman–Crippen MR) is 94.8 cm³/mol. The number of aromatic hydroxyl groups is 1. The first-order valence-corrected chi connectivity index (χ1v) is 8.13. The van der Waals surface area contributed by atoms with Crippen LogP contribution in [0.3, 0.4) is 0 Å². The standard InChI is InChI=1S/C18H19N3O4/c22-17-8-4-1-5-14(17)19-18(23)13-9-11-20(12-10-13)15-6-2-3-7-16(15)21(24)25/h1-8,13,22H,9-12H2,(H,19,23). The molecule has 0 radical (unpaired) electrons. The Balaban J connectivity index is 1.63. The summed E-state index contributed by atoms with van der Waals surface area (Å²) in [6.07, 6.45) is 1.21. The highest BCUT2D eigenvalue weighted by atomic mass is 16.6. The van der Waals surface area contributed by atoms with Crippen molar-refractivity contribution in [2.45, 2.75) is 12.8 Å². The minimum absolute atomic E-state index is 0.0354. The largest absolute Gasteiger partial charge is 0.506 e. The number of carbonyl (C=O) groups is 1. The summed E-state index contributed by atoms with van der Waals surface area (Å²) in [4.78, 5) is 25.1. The summed E-state index contributed by atoms with van der Waals surface area (Å²) in [5.74, 6) is -0.282. The quantitative estimate of drug-likeness (QED) is 0.506. The Morgan fingerprint density at radius 1 is 1.12 bits per heavy atom. The number of hydrogen-bond donors (Lipinski definition) is 2. The van der Waals surface area contributed by atoms with Crippen molar-refractivity contribution in [2.24, 2.45) is 5.92 Å². The number of phenols is 1. The van der Waals surface area contributed by atoms with Crippen LogP contribution < -0.4 is 10.2 Å². The third kappa shape index (κ3) is 3.71. The smallest absolute Gasteiger partial charge is 0.292 e. The summed E-state index contributed by atoms with van der Waals surface area (Å²) in [6, 6.07) is 13.3. The summed E-state index contributed by atoms with van der Waals surface area (Å²) in [7, 11) is 0. The van der Waals surface area contributed by atoms with E-state index in [-0.39, 0.29) is 28.2 Å². The highest BCUT2D eigenvalue weighted by Crippen LogP contribution is 2.31. The lowest BCUT2D eigenvalue weighted by molar-refractivity contribution is -0.384. The van der Waals surface area contributed by atoms with Gasteiger partial charge in [0.05, 0.1) is 10.6 Å². The monoisotopic (exact) mass is 341 g/mol. The number of piperidine rings is 1. The SMILES string of the molecule is O=C(Nc1ccccc1O)C1CCN(c2ccccc2[N+](=O)[O-])CC1. The van der Waals surface area contributed by atoms with Crippen molar-refractivity contribution in [3.05, 3.63) is 58.6 Å². The molecule has 1 aliphatic heterocycles. The van der Waals surface area contributed by atoms with Crippen LogP contribution in [0.4, 0.5) is 17.1 Å². The van der Waals surface area contributed by atoms with Crippen molar-refractivity contribution in [3.63, 3.8) is 0 Å². The molecule has 3 rings (SSSR count). The van der Waals surface area contributed by atoms with Crippen LogP contribution in [0.25, 0.3) is 0 Å². The van der Waals surface area contributed by atoms with Gasteiger partial charge in [-0.15, -0.1) is 0 Å². The van der Waals surface area contributed by atoms with Crippen LogP contribution in [-0.2, 0) is 4.79 Å². The van der Waals surface area contributed by atoms with Crippen LogP contribution in [0.1, 0.15) is 12.8 Å². The molecule has 0 atom stereocenters. The number of carbonyl (C=O) groups excluding carboxylic acids is 1. The summed E-state index contributed by atoms with van der Waals surface area (Å²) in [5.41, 5.74) is 1.07. The van der Waals surface area contributed by atoms with Gasteiger partial charge in [-0.25, -0.2) is 0 Å². The molecular weight excluding hydrogens is 322 g/mol. The lowest BCUT2D eigenvalue weighted by atomic mass is 9.95. The molecule has 0 saturated carbocycles. The first-order chi connectivity index (χ1) is 12.1. The van der Waals surface area contributed by atoms with Crippen LogP contribution in [0.2, 0.25) is 0 Å². The van der Waals surface area contributed by atoms with Crippen LogP contribution in [0, 0.1) is 16.0 Å². The zero-order valence-corrected chi connectivity index (χ0v) is 13.6. The Morgan fingerprint density at radius 3 is 2.44 bits per heavy atom. The molecule has 1 aliphatic rings. The molecule has 130 valence electrons. The second kappa shape index (κ2) is 7.21. The molecule has 1 saturated heterocycles. The number of nitro benzene ring substituents is 1. The van der Waals surface area contributed by atoms with E-state index in [1.165, 1.54) is 12.1 Å². The zero-order valence-electron chi connectivity index (χ0n) is 13.6. The molecule has 0 aromatic heterocycles. The average molecular weight is 341 g/mol. The topological polar surface area (TPSA) is 95.7 Å². The lowest BCUT2D eigenvalue weighted by Crippen LogP contribution is -2.38. The third-order valence-corrected chi connectivity index (χ3v) is 4.45. The van der Waals surface area contributed by atoms with E-state index in [1.807, 2.05) is 4.90 Å². The van der Waals surface area contributed by atoms with Crippen molar-refractivity contribution in [2.75, 3.05) is 23.3 Å². The minimum atomic E-state index is -0.383. The highest BCUT2D eigenvalue weighted by molar-refractivity contribution is 5.94. The molecule has 0 aliphatic carbocycles. The van der Waals surface area contributed by atoms with E-state index < -0.39 is 0 Å². The maximum absolute atomic E-state index is 12.4. The number of rotatable bonds is 4. The van der Waals surface area contributed by atoms with Crippen molar-refractivity contribution < 1.29 is 14.8 Å². The van der Waals surface area contributed by atoms with E-state index in [0.717, 1.165) is 0 Å². The number of nitrogens with one attached hydrogen (secondary N) is 1. The Bertz CT molecular complexity index is 785. The van der Waals surface area contributed by atoms with Gasteiger partial charge < -0.3 is 15.3 Å². The molecule has 7 heteroatoms. The normalized spacial score (nSPS) is 15.0. The Labute approximate surface area is 145 Å². The third-order valence-electron chi connectivity index (χ3n) is 4.45. The number of benzene rings is 2. The fourth-order valence-corrected chi connectivity index (χ4v) is 3.08. The molecule has 2 N–H and O–H groups in total. The van der Waals surface area contributed by atoms with Gasteiger partial charge in [-0.05, 0) is 31.0 Å². The number of amides is 1. The molecule has 0 spiro atoms. The van der Waals surface area contributed by atoms with Gasteiger partial charge in [-0.1, -0.05) is 24.3 Å². The van der Waals surface area contributed by atoms with Gasteiger partial charge in [0, 0.05) is 25.1 Å². The number of nitrogens with zero attached hydrogens (tertiary/aromatic N) is 2. The van der Waals surface area contributed by atoms with Crippen LogP contribution in [-0.4, -0.2) is 29.0 Å². The molecule has 2 aromatic carbocycles. The van der Waals surface area contributed by atoms with E-state index in [0.29, 0.717) is 37.3 Å². The average Bonchev–Trinajstić information content (AvgIpc) is 2.63. The van der Waals surface area contributed by atoms with E-state index in [9.17, 15) is 20.0 Å². The Hall–Kier alpha value is -3.09. The van der Waals surface area contributed by atoms with Gasteiger partial charge in [0.15, 0.2) is 0 Å². The molecule has 7 nitrogen and oxygen atoms in total. The number of para-hydroxylation sites is 4. The van der Waals surface area contributed by atoms with Crippen molar-refractivity contribution in [1.82, 2.24) is 0 Å². The first-order valence-electron chi connectivity index (χ1n) is 8.13.